The highest BCUT2D eigenvalue weighted by Crippen LogP contribution is 2.41. The summed E-state index contributed by atoms with van der Waals surface area (Å²) in [6, 6.07) is 6.09. The molecule has 1 atom stereocenters. The van der Waals surface area contributed by atoms with Crippen LogP contribution in [0.1, 0.15) is 32.8 Å². The SMILES string of the molecule is CC(C)(C)OC(=O)C(=O)N1N=C(c2ccc(Br)cc2)C[C@@]1(O)C(F)(F)F. The number of halogens is 4. The van der Waals surface area contributed by atoms with Gasteiger partial charge in [-0.2, -0.15) is 23.3 Å². The molecule has 0 aromatic heterocycles. The fraction of sp³-hybridized carbons (Fsp3) is 0.438. The zero-order valence-electron chi connectivity index (χ0n) is 14.1. The molecule has 1 aromatic rings. The molecule has 1 aromatic carbocycles. The summed E-state index contributed by atoms with van der Waals surface area (Å²) in [6.07, 6.45) is -6.24. The molecule has 0 saturated carbocycles. The monoisotopic (exact) mass is 436 g/mol. The zero-order valence-corrected chi connectivity index (χ0v) is 15.7. The molecule has 0 bridgehead atoms. The third kappa shape index (κ3) is 4.07. The van der Waals surface area contributed by atoms with Gasteiger partial charge in [-0.25, -0.2) is 4.79 Å². The number of aliphatic hydroxyl groups is 1. The number of hydrazone groups is 1. The topological polar surface area (TPSA) is 79.2 Å². The van der Waals surface area contributed by atoms with Crippen LogP contribution in [0, 0.1) is 0 Å². The van der Waals surface area contributed by atoms with Gasteiger partial charge in [0, 0.05) is 4.47 Å². The van der Waals surface area contributed by atoms with Crippen molar-refractivity contribution in [2.75, 3.05) is 0 Å². The number of carbonyl (C=O) groups is 2. The van der Waals surface area contributed by atoms with Gasteiger partial charge in [0.1, 0.15) is 5.60 Å². The van der Waals surface area contributed by atoms with E-state index in [9.17, 15) is 27.9 Å². The maximum Gasteiger partial charge on any atom is 0.438 e. The van der Waals surface area contributed by atoms with E-state index < -0.39 is 35.8 Å². The van der Waals surface area contributed by atoms with Gasteiger partial charge in [0.2, 0.25) is 0 Å². The molecule has 142 valence electrons. The molecule has 6 nitrogen and oxygen atoms in total. The lowest BCUT2D eigenvalue weighted by atomic mass is 10.0. The Balaban J connectivity index is 2.42. The molecule has 10 heteroatoms. The molecule has 1 aliphatic rings. The van der Waals surface area contributed by atoms with Gasteiger partial charge in [-0.05, 0) is 38.5 Å². The molecule has 0 fully saturated rings. The zero-order chi connectivity index (χ0) is 19.9. The van der Waals surface area contributed by atoms with Crippen molar-refractivity contribution in [3.05, 3.63) is 34.3 Å². The van der Waals surface area contributed by atoms with Crippen molar-refractivity contribution in [2.24, 2.45) is 5.10 Å². The van der Waals surface area contributed by atoms with Crippen molar-refractivity contribution in [2.45, 2.75) is 44.7 Å². The Morgan fingerprint density at radius 3 is 2.23 bits per heavy atom. The minimum Gasteiger partial charge on any atom is -0.453 e. The number of amides is 1. The number of carbonyl (C=O) groups excluding carboxylic acids is 2. The average Bonchev–Trinajstić information content (AvgIpc) is 2.84. The van der Waals surface area contributed by atoms with Crippen LogP contribution in [0.2, 0.25) is 0 Å². The highest BCUT2D eigenvalue weighted by atomic mass is 79.9. The van der Waals surface area contributed by atoms with Crippen LogP contribution < -0.4 is 0 Å². The molecule has 2 rings (SSSR count). The number of rotatable bonds is 1. The minimum atomic E-state index is -5.23. The molecule has 26 heavy (non-hydrogen) atoms. The van der Waals surface area contributed by atoms with Crippen LogP contribution in [0.4, 0.5) is 13.2 Å². The third-order valence-electron chi connectivity index (χ3n) is 3.38. The molecule has 0 aliphatic carbocycles. The van der Waals surface area contributed by atoms with Crippen molar-refractivity contribution < 1.29 is 32.6 Å². The summed E-state index contributed by atoms with van der Waals surface area (Å²) in [7, 11) is 0. The van der Waals surface area contributed by atoms with Crippen LogP contribution in [0.5, 0.6) is 0 Å². The number of benzene rings is 1. The summed E-state index contributed by atoms with van der Waals surface area (Å²) in [5.41, 5.74) is -4.64. The molecule has 0 spiro atoms. The first kappa shape index (κ1) is 20.4. The number of hydrogen-bond donors (Lipinski definition) is 1. The van der Waals surface area contributed by atoms with Gasteiger partial charge in [-0.15, -0.1) is 0 Å². The van der Waals surface area contributed by atoms with Gasteiger partial charge in [-0.3, -0.25) is 4.79 Å². The quantitative estimate of drug-likeness (QED) is 0.542. The van der Waals surface area contributed by atoms with E-state index in [4.69, 9.17) is 4.74 Å². The van der Waals surface area contributed by atoms with E-state index in [-0.39, 0.29) is 16.3 Å². The molecule has 1 aliphatic heterocycles. The van der Waals surface area contributed by atoms with Gasteiger partial charge >= 0.3 is 18.1 Å². The Morgan fingerprint density at radius 2 is 1.77 bits per heavy atom. The molecule has 0 radical (unpaired) electrons. The van der Waals surface area contributed by atoms with E-state index in [1.165, 1.54) is 32.9 Å². The summed E-state index contributed by atoms with van der Waals surface area (Å²) in [6.45, 7) is 4.36. The standard InChI is InChI=1S/C16H16BrF3N2O4/c1-14(2,3)26-13(24)12(23)22-15(25,16(18,19)20)8-11(21-22)9-4-6-10(17)7-5-9/h4-7,25H,8H2,1-3H3/t15-/m1/s1. The highest BCUT2D eigenvalue weighted by molar-refractivity contribution is 9.10. The van der Waals surface area contributed by atoms with Crippen LogP contribution in [0.25, 0.3) is 0 Å². The normalized spacial score (nSPS) is 20.8. The van der Waals surface area contributed by atoms with Gasteiger partial charge in [0.25, 0.3) is 5.72 Å². The Hall–Kier alpha value is -1.94. The second kappa shape index (κ2) is 6.66. The fourth-order valence-corrected chi connectivity index (χ4v) is 2.46. The van der Waals surface area contributed by atoms with Crippen molar-refractivity contribution in [3.8, 4) is 0 Å². The van der Waals surface area contributed by atoms with E-state index >= 15 is 0 Å². The van der Waals surface area contributed by atoms with Gasteiger partial charge < -0.3 is 9.84 Å². The Kier molecular flexibility index (Phi) is 5.22. The van der Waals surface area contributed by atoms with Gasteiger partial charge in [-0.1, -0.05) is 28.1 Å². The van der Waals surface area contributed by atoms with Crippen molar-refractivity contribution in [3.63, 3.8) is 0 Å². The highest BCUT2D eigenvalue weighted by Gasteiger charge is 2.64. The second-order valence-electron chi connectivity index (χ2n) is 6.66. The molecule has 0 unspecified atom stereocenters. The molecular formula is C16H16BrF3N2O4. The first-order chi connectivity index (χ1) is 11.7. The third-order valence-corrected chi connectivity index (χ3v) is 3.91. The predicted molar refractivity (Wildman–Crippen MR) is 89.0 cm³/mol. The summed E-state index contributed by atoms with van der Waals surface area (Å²) >= 11 is 3.20. The van der Waals surface area contributed by atoms with E-state index in [2.05, 4.69) is 21.0 Å². The Labute approximate surface area is 155 Å². The predicted octanol–water partition coefficient (Wildman–Crippen LogP) is 2.98. The summed E-state index contributed by atoms with van der Waals surface area (Å²) < 4.78 is 45.8. The maximum absolute atomic E-state index is 13.4. The molecular weight excluding hydrogens is 421 g/mol. The van der Waals surface area contributed by atoms with Crippen molar-refractivity contribution in [1.82, 2.24) is 5.01 Å². The maximum atomic E-state index is 13.4. The van der Waals surface area contributed by atoms with Crippen LogP contribution in [-0.2, 0) is 14.3 Å². The van der Waals surface area contributed by atoms with E-state index in [1.807, 2.05) is 0 Å². The second-order valence-corrected chi connectivity index (χ2v) is 7.58. The molecule has 1 heterocycles. The number of alkyl halides is 3. The van der Waals surface area contributed by atoms with E-state index in [1.54, 1.807) is 12.1 Å². The lowest BCUT2D eigenvalue weighted by molar-refractivity contribution is -0.302. The molecule has 1 N–H and O–H groups in total. The van der Waals surface area contributed by atoms with Crippen LogP contribution >= 0.6 is 15.9 Å². The van der Waals surface area contributed by atoms with Crippen LogP contribution in [-0.4, -0.2) is 45.2 Å². The fourth-order valence-electron chi connectivity index (χ4n) is 2.19. The molecule has 1 amide bonds. The Morgan fingerprint density at radius 1 is 1.23 bits per heavy atom. The van der Waals surface area contributed by atoms with Gasteiger partial charge in [0.15, 0.2) is 0 Å². The lowest BCUT2D eigenvalue weighted by Crippen LogP contribution is -2.58. The summed E-state index contributed by atoms with van der Waals surface area (Å²) in [4.78, 5) is 24.1. The Bertz CT molecular complexity index is 756. The number of esters is 1. The van der Waals surface area contributed by atoms with Crippen molar-refractivity contribution >= 4 is 33.5 Å². The first-order valence-corrected chi connectivity index (χ1v) is 8.24. The average molecular weight is 437 g/mol. The number of hydrogen-bond acceptors (Lipinski definition) is 5. The summed E-state index contributed by atoms with van der Waals surface area (Å²) in [5, 5.41) is 13.5. The van der Waals surface area contributed by atoms with E-state index in [0.29, 0.717) is 4.47 Å². The smallest absolute Gasteiger partial charge is 0.438 e. The number of nitrogens with zero attached hydrogens (tertiary/aromatic N) is 2. The number of ether oxygens (including phenoxy) is 1. The molecule has 0 saturated heterocycles. The van der Waals surface area contributed by atoms with E-state index in [0.717, 1.165) is 0 Å². The van der Waals surface area contributed by atoms with Crippen LogP contribution in [0.3, 0.4) is 0 Å². The minimum absolute atomic E-state index is 0.186. The van der Waals surface area contributed by atoms with Gasteiger partial charge in [0.05, 0.1) is 12.1 Å². The lowest BCUT2D eigenvalue weighted by Gasteiger charge is -2.32. The first-order valence-electron chi connectivity index (χ1n) is 7.45. The summed E-state index contributed by atoms with van der Waals surface area (Å²) in [5.74, 6) is -3.24. The largest absolute Gasteiger partial charge is 0.453 e. The van der Waals surface area contributed by atoms with Crippen molar-refractivity contribution in [1.29, 1.82) is 0 Å². The van der Waals surface area contributed by atoms with Crippen LogP contribution in [0.15, 0.2) is 33.8 Å².